The number of aromatic nitrogens is 3. The number of hydrogen-bond acceptors (Lipinski definition) is 8. The van der Waals surface area contributed by atoms with E-state index >= 15 is 9.90 Å². The van der Waals surface area contributed by atoms with Crippen molar-refractivity contribution < 1.29 is 28.3 Å². The zero-order valence-electron chi connectivity index (χ0n) is 45.9. The fourth-order valence-electron chi connectivity index (χ4n) is 11.6. The van der Waals surface area contributed by atoms with Crippen LogP contribution in [0.2, 0.25) is 0 Å². The maximum absolute atomic E-state index is 15.2. The van der Waals surface area contributed by atoms with Crippen LogP contribution in [0.15, 0.2) is 150 Å². The third-order valence-corrected chi connectivity index (χ3v) is 16.2. The van der Waals surface area contributed by atoms with E-state index in [0.29, 0.717) is 34.1 Å². The summed E-state index contributed by atoms with van der Waals surface area (Å²) in [5, 5.41) is 17.1. The van der Waals surface area contributed by atoms with E-state index in [0.717, 1.165) is 89.6 Å². The van der Waals surface area contributed by atoms with Crippen LogP contribution in [0, 0.1) is 0 Å². The number of allylic oxidation sites excluding steroid dienone is 2. The molecule has 7 aromatic rings. The highest BCUT2D eigenvalue weighted by atomic mass is 32.2. The lowest BCUT2D eigenvalue weighted by atomic mass is 9.82. The highest BCUT2D eigenvalue weighted by Gasteiger charge is 2.44. The van der Waals surface area contributed by atoms with Gasteiger partial charge in [0.2, 0.25) is 11.0 Å². The number of aromatic carboxylic acids is 1. The number of carboxylic acids is 1. The molecule has 0 radical (unpaired) electrons. The summed E-state index contributed by atoms with van der Waals surface area (Å²) in [6.45, 7) is 19.3. The average Bonchev–Trinajstić information content (AvgIpc) is 3.37. The summed E-state index contributed by atoms with van der Waals surface area (Å²) in [7, 11) is 12.1. The van der Waals surface area contributed by atoms with Crippen LogP contribution in [0.1, 0.15) is 88.0 Å². The van der Waals surface area contributed by atoms with Gasteiger partial charge in [-0.25, -0.2) is 4.58 Å². The van der Waals surface area contributed by atoms with Gasteiger partial charge in [0.1, 0.15) is 18.0 Å². The molecule has 12 heteroatoms. The summed E-state index contributed by atoms with van der Waals surface area (Å²) in [4.78, 5) is 25.6. The van der Waals surface area contributed by atoms with Crippen LogP contribution >= 0.6 is 11.8 Å². The van der Waals surface area contributed by atoms with Crippen molar-refractivity contribution in [3.05, 3.63) is 179 Å². The van der Waals surface area contributed by atoms with E-state index < -0.39 is 5.97 Å². The van der Waals surface area contributed by atoms with Gasteiger partial charge in [-0.15, -0.1) is 0 Å². The van der Waals surface area contributed by atoms with Crippen molar-refractivity contribution in [1.82, 2.24) is 4.58 Å². The summed E-state index contributed by atoms with van der Waals surface area (Å²) in [5.41, 5.74) is 11.8. The molecule has 0 fully saturated rings. The quantitative estimate of drug-likeness (QED) is 0.113. The molecule has 4 aromatic carbocycles. The molecule has 3 aliphatic heterocycles. The Bertz CT molecular complexity index is 3640. The average molecular weight is 1020 g/mol. The van der Waals surface area contributed by atoms with Crippen molar-refractivity contribution in [3.63, 3.8) is 0 Å². The Kier molecular flexibility index (Phi) is 13.0. The van der Waals surface area contributed by atoms with E-state index in [-0.39, 0.29) is 16.6 Å². The van der Waals surface area contributed by atoms with Crippen LogP contribution in [-0.2, 0) is 0 Å². The molecular formula is C63H69N8O3S+3. The number of carbonyl (C=O) groups excluding carboxylic acids is 1. The molecule has 11 nitrogen and oxygen atoms in total. The smallest absolute Gasteiger partial charge is 0.304 e. The Morgan fingerprint density at radius 2 is 1.17 bits per heavy atom. The van der Waals surface area contributed by atoms with Crippen LogP contribution in [0.4, 0.5) is 22.7 Å². The van der Waals surface area contributed by atoms with Gasteiger partial charge in [0.15, 0.2) is 47.6 Å². The standard InChI is InChI=1S/C63H69N8O3S/c1-15-70-50-36-52-48(34-46(50)40(3)38-62(70,5)6)54(49-35-47-41(4)39-63(7,8)71(16-2)51(47)37-53(49)74-52)55-56(61(72)73)57(67-28-22-42(23-29-67)64(9)10)59(69-32-26-44(27-33-69)66(13)14)60(75-45-20-18-17-19-21-45)58(55)68-30-24-43(25-31-68)65(11)12/h17-39H,15-16H2,1-14H3/q+3. The van der Waals surface area contributed by atoms with Gasteiger partial charge in [-0.05, 0) is 83.0 Å². The number of likely N-dealkylation sites (N-methyl/N-ethyl adjacent to an activating group) is 2. The second kappa shape index (κ2) is 19.2. The Hall–Kier alpha value is -7.70. The lowest BCUT2D eigenvalue weighted by molar-refractivity contribution is -0.637. The first-order valence-electron chi connectivity index (χ1n) is 25.8. The van der Waals surface area contributed by atoms with Gasteiger partial charge < -0.3 is 34.2 Å². The van der Waals surface area contributed by atoms with E-state index in [1.807, 2.05) is 119 Å². The third kappa shape index (κ3) is 8.82. The summed E-state index contributed by atoms with van der Waals surface area (Å²) in [6.07, 6.45) is 16.7. The molecular weight excluding hydrogens is 949 g/mol. The number of carbonyl (C=O) groups is 1. The van der Waals surface area contributed by atoms with Gasteiger partial charge in [-0.2, -0.15) is 13.7 Å². The van der Waals surface area contributed by atoms with E-state index in [1.54, 1.807) is 11.8 Å². The van der Waals surface area contributed by atoms with E-state index in [4.69, 9.17) is 4.74 Å². The number of hydrogen-bond donors (Lipinski definition) is 0. The molecule has 0 amide bonds. The number of rotatable bonds is 12. The molecule has 0 aliphatic carbocycles. The lowest BCUT2D eigenvalue weighted by Crippen LogP contribution is -2.49. The zero-order chi connectivity index (χ0) is 53.4. The predicted molar refractivity (Wildman–Crippen MR) is 303 cm³/mol. The van der Waals surface area contributed by atoms with Gasteiger partial charge in [0.05, 0.1) is 28.7 Å². The second-order valence-corrected chi connectivity index (χ2v) is 22.6. The zero-order valence-corrected chi connectivity index (χ0v) is 46.7. The van der Waals surface area contributed by atoms with Crippen LogP contribution in [-0.4, -0.2) is 72.4 Å². The maximum atomic E-state index is 15.2. The molecule has 0 bridgehead atoms. The van der Waals surface area contributed by atoms with Crippen molar-refractivity contribution in [2.24, 2.45) is 0 Å². The Labute approximate surface area is 446 Å². The molecule has 0 atom stereocenters. The summed E-state index contributed by atoms with van der Waals surface area (Å²) in [6, 6.07) is 31.5. The monoisotopic (exact) mass is 1020 g/mol. The van der Waals surface area contributed by atoms with Crippen LogP contribution < -0.4 is 58.3 Å². The van der Waals surface area contributed by atoms with Gasteiger partial charge in [-0.1, -0.05) is 36.0 Å². The first kappa shape index (κ1) is 50.8. The number of ether oxygens (including phenoxy) is 1. The molecule has 0 saturated carbocycles. The third-order valence-electron chi connectivity index (χ3n) is 15.1. The lowest BCUT2D eigenvalue weighted by Gasteiger charge is -2.43. The Balaban J connectivity index is 1.50. The van der Waals surface area contributed by atoms with Crippen molar-refractivity contribution in [2.45, 2.75) is 76.3 Å². The topological polar surface area (TPSA) is 77.0 Å². The molecule has 3 aromatic heterocycles. The van der Waals surface area contributed by atoms with Crippen LogP contribution in [0.3, 0.4) is 0 Å². The molecule has 0 N–H and O–H groups in total. The van der Waals surface area contributed by atoms with Crippen LogP contribution in [0.5, 0.6) is 11.5 Å². The SMILES string of the molecule is CCN1c2cc3c(cc2C(C)=CC1(C)C)C(c1c(C(=O)[O-])c(-[n+]2ccc(N(C)C)cc2)c(-[n+]2ccc(N(C)C)cc2)c(Sc2ccccc2)c1-[n+]1ccc(N(C)C)cc1)=c1cc2c(cc1O3)=[N+](CC)C(C)(C)C=C2C. The number of anilines is 4. The molecule has 3 aliphatic rings. The molecule has 10 rings (SSSR count). The largest absolute Gasteiger partial charge is 0.545 e. The molecule has 0 unspecified atom stereocenters. The van der Waals surface area contributed by atoms with Gasteiger partial charge in [-0.3, -0.25) is 0 Å². The second-order valence-electron chi connectivity index (χ2n) is 21.6. The van der Waals surface area contributed by atoms with Crippen LogP contribution in [0.25, 0.3) is 33.8 Å². The number of benzene rings is 4. The number of pyridine rings is 3. The summed E-state index contributed by atoms with van der Waals surface area (Å²) < 4.78 is 15.9. The fraction of sp³-hybridized carbons (Fsp3) is 0.286. The molecule has 0 saturated heterocycles. The molecule has 75 heavy (non-hydrogen) atoms. The van der Waals surface area contributed by atoms with Gasteiger partial charge in [0.25, 0.3) is 5.69 Å². The highest BCUT2D eigenvalue weighted by molar-refractivity contribution is 7.99. The minimum Gasteiger partial charge on any atom is -0.545 e. The van der Waals surface area contributed by atoms with Crippen molar-refractivity contribution in [2.75, 3.05) is 75.0 Å². The minimum absolute atomic E-state index is 0.0322. The minimum atomic E-state index is -1.32. The van der Waals surface area contributed by atoms with E-state index in [2.05, 4.69) is 157 Å². The number of nitrogens with zero attached hydrogens (tertiary/aromatic N) is 8. The highest BCUT2D eigenvalue weighted by Crippen LogP contribution is 2.50. The van der Waals surface area contributed by atoms with Gasteiger partial charge >= 0.3 is 5.69 Å². The van der Waals surface area contributed by atoms with E-state index in [1.165, 1.54) is 0 Å². The summed E-state index contributed by atoms with van der Waals surface area (Å²) in [5.74, 6) is -0.0246. The summed E-state index contributed by atoms with van der Waals surface area (Å²) >= 11 is 1.61. The number of fused-ring (bicyclic) bond motifs is 4. The molecule has 0 spiro atoms. The first-order valence-corrected chi connectivity index (χ1v) is 26.7. The van der Waals surface area contributed by atoms with E-state index in [9.17, 15) is 0 Å². The maximum Gasteiger partial charge on any atom is 0.304 e. The number of carboxylic acid groups (broad SMARTS) is 1. The molecule has 6 heterocycles. The Morgan fingerprint density at radius 1 is 0.640 bits per heavy atom. The Morgan fingerprint density at radius 3 is 1.69 bits per heavy atom. The molecule has 382 valence electrons. The van der Waals surface area contributed by atoms with Crippen molar-refractivity contribution >= 4 is 57.2 Å². The van der Waals surface area contributed by atoms with Crippen molar-refractivity contribution in [3.8, 4) is 28.6 Å². The predicted octanol–water partition coefficient (Wildman–Crippen LogP) is 8.31. The first-order chi connectivity index (χ1) is 35.7. The normalized spacial score (nSPS) is 14.9. The fourth-order valence-corrected chi connectivity index (χ4v) is 12.8. The van der Waals surface area contributed by atoms with Crippen molar-refractivity contribution in [1.29, 1.82) is 0 Å². The van der Waals surface area contributed by atoms with Gasteiger partial charge in [0, 0.05) is 160 Å².